The minimum Gasteiger partial charge on any atom is -0.493 e. The number of esters is 1. The molecule has 0 bridgehead atoms. The Balaban J connectivity index is 2.39. The van der Waals surface area contributed by atoms with Crippen LogP contribution in [0.5, 0.6) is 11.5 Å². The maximum Gasteiger partial charge on any atom is 0.348 e. The molecule has 0 spiro atoms. The van der Waals surface area contributed by atoms with Gasteiger partial charge < -0.3 is 9.47 Å². The lowest BCUT2D eigenvalue weighted by Gasteiger charge is -2.10. The summed E-state index contributed by atoms with van der Waals surface area (Å²) in [5, 5.41) is 10.6. The van der Waals surface area contributed by atoms with Crippen LogP contribution in [-0.2, 0) is 0 Å². The molecule has 0 saturated heterocycles. The average molecular weight is 326 g/mol. The summed E-state index contributed by atoms with van der Waals surface area (Å²) in [4.78, 5) is 22.1. The number of ether oxygens (including phenoxy) is 2. The van der Waals surface area contributed by atoms with E-state index < -0.39 is 22.3 Å². The second-order valence-electron chi connectivity index (χ2n) is 4.08. The van der Waals surface area contributed by atoms with E-state index in [-0.39, 0.29) is 22.2 Å². The van der Waals surface area contributed by atoms with Crippen molar-refractivity contribution in [2.45, 2.75) is 0 Å². The number of hydrogen-bond acceptors (Lipinski definition) is 5. The van der Waals surface area contributed by atoms with E-state index in [0.717, 1.165) is 12.1 Å². The van der Waals surface area contributed by atoms with E-state index in [4.69, 9.17) is 21.1 Å². The van der Waals surface area contributed by atoms with Gasteiger partial charge >= 0.3 is 5.97 Å². The lowest BCUT2D eigenvalue weighted by molar-refractivity contribution is -0.384. The molecule has 0 aliphatic rings. The molecular formula is C14H9ClFNO5. The van der Waals surface area contributed by atoms with Gasteiger partial charge in [0.1, 0.15) is 11.4 Å². The fourth-order valence-electron chi connectivity index (χ4n) is 1.70. The Bertz CT molecular complexity index is 730. The minimum atomic E-state index is -1.08. The van der Waals surface area contributed by atoms with Crippen molar-refractivity contribution in [3.8, 4) is 11.5 Å². The van der Waals surface area contributed by atoms with Crippen LogP contribution in [0, 0.1) is 15.9 Å². The van der Waals surface area contributed by atoms with Gasteiger partial charge in [-0.1, -0.05) is 17.7 Å². The highest BCUT2D eigenvalue weighted by molar-refractivity contribution is 6.33. The minimum absolute atomic E-state index is 0.0893. The van der Waals surface area contributed by atoms with Crippen molar-refractivity contribution >= 4 is 23.3 Å². The molecule has 6 nitrogen and oxygen atoms in total. The van der Waals surface area contributed by atoms with Crippen molar-refractivity contribution in [1.82, 2.24) is 0 Å². The van der Waals surface area contributed by atoms with Crippen LogP contribution in [0.2, 0.25) is 5.02 Å². The number of nitrogens with zero attached hydrogens (tertiary/aromatic N) is 1. The third kappa shape index (κ3) is 3.15. The molecule has 0 unspecified atom stereocenters. The molecule has 22 heavy (non-hydrogen) atoms. The number of carbonyl (C=O) groups excluding carboxylic acids is 1. The number of carbonyl (C=O) groups is 1. The standard InChI is InChI=1S/C14H9ClFNO5/c1-21-11-6-5-8(17(19)20)7-12(11)22-14(18)13-9(15)3-2-4-10(13)16/h2-7H,1H3. The van der Waals surface area contributed by atoms with E-state index in [2.05, 4.69) is 0 Å². The molecule has 8 heteroatoms. The van der Waals surface area contributed by atoms with Gasteiger partial charge in [-0.25, -0.2) is 9.18 Å². The zero-order chi connectivity index (χ0) is 16.3. The topological polar surface area (TPSA) is 78.7 Å². The molecule has 0 aromatic heterocycles. The van der Waals surface area contributed by atoms with Gasteiger partial charge in [0, 0.05) is 6.07 Å². The van der Waals surface area contributed by atoms with Crippen molar-refractivity contribution in [3.05, 3.63) is 62.9 Å². The summed E-state index contributed by atoms with van der Waals surface area (Å²) in [5.74, 6) is -2.06. The fourth-order valence-corrected chi connectivity index (χ4v) is 1.94. The number of methoxy groups -OCH3 is 1. The molecule has 0 amide bonds. The predicted octanol–water partition coefficient (Wildman–Crippen LogP) is 3.62. The van der Waals surface area contributed by atoms with E-state index in [0.29, 0.717) is 0 Å². The number of non-ortho nitro benzene ring substituents is 1. The van der Waals surface area contributed by atoms with Crippen LogP contribution in [0.3, 0.4) is 0 Å². The summed E-state index contributed by atoms with van der Waals surface area (Å²) < 4.78 is 23.6. The van der Waals surface area contributed by atoms with Crippen LogP contribution in [-0.4, -0.2) is 18.0 Å². The predicted molar refractivity (Wildman–Crippen MR) is 76.0 cm³/mol. The molecule has 0 aliphatic carbocycles. The molecule has 2 aromatic rings. The second kappa shape index (κ2) is 6.40. The van der Waals surface area contributed by atoms with E-state index >= 15 is 0 Å². The number of rotatable bonds is 4. The summed E-state index contributed by atoms with van der Waals surface area (Å²) in [6.45, 7) is 0. The van der Waals surface area contributed by atoms with Crippen LogP contribution >= 0.6 is 11.6 Å². The fraction of sp³-hybridized carbons (Fsp3) is 0.0714. The van der Waals surface area contributed by atoms with Gasteiger partial charge in [0.25, 0.3) is 5.69 Å². The van der Waals surface area contributed by atoms with Gasteiger partial charge in [-0.15, -0.1) is 0 Å². The Morgan fingerprint density at radius 2 is 2.00 bits per heavy atom. The van der Waals surface area contributed by atoms with Crippen LogP contribution in [0.25, 0.3) is 0 Å². The molecule has 0 aliphatic heterocycles. The average Bonchev–Trinajstić information content (AvgIpc) is 2.46. The molecule has 114 valence electrons. The Morgan fingerprint density at radius 3 is 2.59 bits per heavy atom. The van der Waals surface area contributed by atoms with Crippen LogP contribution in [0.15, 0.2) is 36.4 Å². The van der Waals surface area contributed by atoms with Gasteiger partial charge in [0.05, 0.1) is 23.1 Å². The second-order valence-corrected chi connectivity index (χ2v) is 4.49. The monoisotopic (exact) mass is 325 g/mol. The van der Waals surface area contributed by atoms with Crippen molar-refractivity contribution in [2.75, 3.05) is 7.11 Å². The number of halogens is 2. The van der Waals surface area contributed by atoms with E-state index in [9.17, 15) is 19.3 Å². The molecule has 0 fully saturated rings. The molecule has 0 saturated carbocycles. The highest BCUT2D eigenvalue weighted by atomic mass is 35.5. The van der Waals surface area contributed by atoms with Crippen LogP contribution in [0.1, 0.15) is 10.4 Å². The Kier molecular flexibility index (Phi) is 4.57. The molecule has 0 heterocycles. The highest BCUT2D eigenvalue weighted by Gasteiger charge is 2.21. The summed E-state index contributed by atoms with van der Waals surface area (Å²) >= 11 is 5.77. The Morgan fingerprint density at radius 1 is 1.27 bits per heavy atom. The quantitative estimate of drug-likeness (QED) is 0.371. The zero-order valence-corrected chi connectivity index (χ0v) is 12.0. The van der Waals surface area contributed by atoms with E-state index in [1.54, 1.807) is 0 Å². The maximum absolute atomic E-state index is 13.7. The first-order valence-corrected chi connectivity index (χ1v) is 6.30. The summed E-state index contributed by atoms with van der Waals surface area (Å²) in [6.07, 6.45) is 0. The first kappa shape index (κ1) is 15.7. The lowest BCUT2D eigenvalue weighted by atomic mass is 10.2. The summed E-state index contributed by atoms with van der Waals surface area (Å²) in [7, 11) is 1.30. The smallest absolute Gasteiger partial charge is 0.348 e. The Labute approximate surface area is 129 Å². The number of benzene rings is 2. The van der Waals surface area contributed by atoms with Gasteiger partial charge in [0.15, 0.2) is 11.5 Å². The molecule has 2 aromatic carbocycles. The van der Waals surface area contributed by atoms with Gasteiger partial charge in [-0.3, -0.25) is 10.1 Å². The van der Waals surface area contributed by atoms with Crippen molar-refractivity contribution in [3.63, 3.8) is 0 Å². The number of nitro benzene ring substituents is 1. The molecule has 2 rings (SSSR count). The molecule has 0 radical (unpaired) electrons. The van der Waals surface area contributed by atoms with Gasteiger partial charge in [-0.2, -0.15) is 0 Å². The normalized spacial score (nSPS) is 10.1. The number of nitro groups is 1. The first-order chi connectivity index (χ1) is 10.4. The van der Waals surface area contributed by atoms with E-state index in [1.165, 1.54) is 31.4 Å². The van der Waals surface area contributed by atoms with E-state index in [1.807, 2.05) is 0 Å². The largest absolute Gasteiger partial charge is 0.493 e. The first-order valence-electron chi connectivity index (χ1n) is 5.92. The van der Waals surface area contributed by atoms with Crippen molar-refractivity contribution in [1.29, 1.82) is 0 Å². The van der Waals surface area contributed by atoms with Gasteiger partial charge in [-0.05, 0) is 18.2 Å². The highest BCUT2D eigenvalue weighted by Crippen LogP contribution is 2.32. The van der Waals surface area contributed by atoms with Crippen molar-refractivity contribution in [2.24, 2.45) is 0 Å². The SMILES string of the molecule is COc1ccc([N+](=O)[O-])cc1OC(=O)c1c(F)cccc1Cl. The summed E-state index contributed by atoms with van der Waals surface area (Å²) in [5.41, 5.74) is -0.763. The van der Waals surface area contributed by atoms with Gasteiger partial charge in [0.2, 0.25) is 0 Å². The number of hydrogen-bond donors (Lipinski definition) is 0. The maximum atomic E-state index is 13.7. The lowest BCUT2D eigenvalue weighted by Crippen LogP contribution is -2.12. The van der Waals surface area contributed by atoms with Crippen LogP contribution < -0.4 is 9.47 Å². The van der Waals surface area contributed by atoms with Crippen LogP contribution in [0.4, 0.5) is 10.1 Å². The third-order valence-corrected chi connectivity index (χ3v) is 3.04. The molecule has 0 N–H and O–H groups in total. The molecular weight excluding hydrogens is 317 g/mol. The van der Waals surface area contributed by atoms with Crippen molar-refractivity contribution < 1.29 is 23.6 Å². The zero-order valence-electron chi connectivity index (χ0n) is 11.2. The summed E-state index contributed by atoms with van der Waals surface area (Å²) in [6, 6.07) is 7.17. The third-order valence-electron chi connectivity index (χ3n) is 2.73. The molecule has 0 atom stereocenters. The Hall–Kier alpha value is -2.67.